The van der Waals surface area contributed by atoms with E-state index in [1.165, 1.54) is 4.57 Å². The van der Waals surface area contributed by atoms with E-state index in [9.17, 15) is 30.1 Å². The molecule has 0 saturated heterocycles. The smallest absolute Gasteiger partial charge is 0.338 e. The summed E-state index contributed by atoms with van der Waals surface area (Å²) in [5.41, 5.74) is -1.44. The Morgan fingerprint density at radius 3 is 1.72 bits per heavy atom. The Labute approximate surface area is 179 Å². The lowest BCUT2D eigenvalue weighted by molar-refractivity contribution is -0.394. The van der Waals surface area contributed by atoms with Gasteiger partial charge in [0.2, 0.25) is 0 Å². The first kappa shape index (κ1) is 20.3. The van der Waals surface area contributed by atoms with E-state index >= 15 is 0 Å². The Bertz CT molecular complexity index is 1260. The maximum Gasteiger partial charge on any atom is 0.338 e. The van der Waals surface area contributed by atoms with Gasteiger partial charge in [0.25, 0.3) is 5.69 Å². The molecule has 0 atom stereocenters. The minimum atomic E-state index is -1.57. The van der Waals surface area contributed by atoms with Crippen molar-refractivity contribution in [2.24, 2.45) is 0 Å². The van der Waals surface area contributed by atoms with Gasteiger partial charge in [0.05, 0.1) is 21.5 Å². The molecule has 0 fully saturated rings. The third-order valence-corrected chi connectivity index (χ3v) is 4.66. The molecule has 0 spiro atoms. The number of nitrogens with zero attached hydrogens (tertiary/aromatic N) is 5. The average molecular weight is 431 g/mol. The topological polar surface area (TPSA) is 154 Å². The standard InChI is InChI=1S/C21H13N5O6/c27-21(28)16-11-15(25(29)30)12-17(26(31)32)18(16)24-19(13-7-3-1-4-8-13)22-23-20(24)14-9-5-2-6-10-14/h1-12H,(H,27,28). The van der Waals surface area contributed by atoms with Gasteiger partial charge in [0, 0.05) is 17.2 Å². The first-order valence-electron chi connectivity index (χ1n) is 9.15. The number of non-ortho nitro benzene ring substituents is 1. The summed E-state index contributed by atoms with van der Waals surface area (Å²) in [6.45, 7) is 0. The molecule has 0 amide bonds. The summed E-state index contributed by atoms with van der Waals surface area (Å²) < 4.78 is 1.25. The van der Waals surface area contributed by atoms with Crippen LogP contribution in [-0.2, 0) is 0 Å². The van der Waals surface area contributed by atoms with Crippen molar-refractivity contribution in [3.8, 4) is 28.5 Å². The van der Waals surface area contributed by atoms with Gasteiger partial charge in [0.15, 0.2) is 11.6 Å². The third kappa shape index (κ3) is 3.54. The molecule has 3 aromatic carbocycles. The van der Waals surface area contributed by atoms with Gasteiger partial charge in [-0.3, -0.25) is 24.8 Å². The van der Waals surface area contributed by atoms with Crippen LogP contribution in [0.4, 0.5) is 11.4 Å². The molecule has 32 heavy (non-hydrogen) atoms. The molecule has 0 aliphatic rings. The van der Waals surface area contributed by atoms with Crippen molar-refractivity contribution < 1.29 is 19.7 Å². The van der Waals surface area contributed by atoms with Crippen molar-refractivity contribution in [3.63, 3.8) is 0 Å². The molecule has 1 N–H and O–H groups in total. The predicted molar refractivity (Wildman–Crippen MR) is 112 cm³/mol. The van der Waals surface area contributed by atoms with E-state index in [0.29, 0.717) is 11.1 Å². The molecule has 4 rings (SSSR count). The van der Waals surface area contributed by atoms with Crippen molar-refractivity contribution in [1.29, 1.82) is 0 Å². The fraction of sp³-hybridized carbons (Fsp3) is 0. The van der Waals surface area contributed by atoms with Gasteiger partial charge in [0.1, 0.15) is 5.69 Å². The number of aromatic nitrogens is 3. The number of carboxylic acids is 1. The van der Waals surface area contributed by atoms with Gasteiger partial charge in [-0.05, 0) is 0 Å². The molecular weight excluding hydrogens is 418 g/mol. The molecule has 0 saturated carbocycles. The largest absolute Gasteiger partial charge is 0.478 e. The number of hydrogen-bond acceptors (Lipinski definition) is 7. The van der Waals surface area contributed by atoms with Crippen LogP contribution in [0.15, 0.2) is 72.8 Å². The molecule has 0 bridgehead atoms. The van der Waals surface area contributed by atoms with Crippen molar-refractivity contribution in [2.45, 2.75) is 0 Å². The van der Waals surface area contributed by atoms with E-state index in [0.717, 1.165) is 12.1 Å². The number of nitro groups is 2. The van der Waals surface area contributed by atoms with Gasteiger partial charge < -0.3 is 5.11 Å². The molecule has 0 unspecified atom stereocenters. The zero-order valence-corrected chi connectivity index (χ0v) is 16.2. The van der Waals surface area contributed by atoms with Crippen LogP contribution in [0.2, 0.25) is 0 Å². The Morgan fingerprint density at radius 1 is 0.812 bits per heavy atom. The van der Waals surface area contributed by atoms with Gasteiger partial charge >= 0.3 is 11.7 Å². The highest BCUT2D eigenvalue weighted by Gasteiger charge is 2.32. The Kier molecular flexibility index (Phi) is 5.13. The second kappa shape index (κ2) is 8.07. The summed E-state index contributed by atoms with van der Waals surface area (Å²) in [5, 5.41) is 41.3. The Hall–Kier alpha value is -4.93. The molecule has 11 nitrogen and oxygen atoms in total. The van der Waals surface area contributed by atoms with E-state index in [1.54, 1.807) is 60.7 Å². The zero-order chi connectivity index (χ0) is 22.8. The van der Waals surface area contributed by atoms with E-state index in [-0.39, 0.29) is 17.3 Å². The normalized spacial score (nSPS) is 10.6. The number of hydrogen-bond donors (Lipinski definition) is 1. The lowest BCUT2D eigenvalue weighted by Crippen LogP contribution is -2.12. The highest BCUT2D eigenvalue weighted by atomic mass is 16.6. The minimum Gasteiger partial charge on any atom is -0.478 e. The summed E-state index contributed by atoms with van der Waals surface area (Å²) in [7, 11) is 0. The molecule has 0 aliphatic heterocycles. The number of nitro benzene ring substituents is 2. The number of carboxylic acid groups (broad SMARTS) is 1. The van der Waals surface area contributed by atoms with Gasteiger partial charge in [-0.25, -0.2) is 4.79 Å². The van der Waals surface area contributed by atoms with Crippen LogP contribution in [0.1, 0.15) is 10.4 Å². The molecule has 158 valence electrons. The monoisotopic (exact) mass is 431 g/mol. The minimum absolute atomic E-state index is 0.143. The van der Waals surface area contributed by atoms with Crippen molar-refractivity contribution in [2.75, 3.05) is 0 Å². The van der Waals surface area contributed by atoms with Crippen molar-refractivity contribution in [1.82, 2.24) is 14.8 Å². The van der Waals surface area contributed by atoms with E-state index < -0.39 is 32.8 Å². The summed E-state index contributed by atoms with van der Waals surface area (Å²) >= 11 is 0. The van der Waals surface area contributed by atoms with Gasteiger partial charge in [-0.2, -0.15) is 0 Å². The first-order valence-corrected chi connectivity index (χ1v) is 9.15. The molecule has 4 aromatic rings. The third-order valence-electron chi connectivity index (χ3n) is 4.66. The van der Waals surface area contributed by atoms with Crippen LogP contribution in [0, 0.1) is 20.2 Å². The van der Waals surface area contributed by atoms with Crippen LogP contribution in [0.5, 0.6) is 0 Å². The molecular formula is C21H13N5O6. The summed E-state index contributed by atoms with van der Waals surface area (Å²) in [6.07, 6.45) is 0. The molecule has 1 aromatic heterocycles. The van der Waals surface area contributed by atoms with E-state index in [2.05, 4.69) is 10.2 Å². The first-order chi connectivity index (χ1) is 15.4. The van der Waals surface area contributed by atoms with E-state index in [1.807, 2.05) is 0 Å². The molecule has 11 heteroatoms. The average Bonchev–Trinajstić information content (AvgIpc) is 3.24. The highest BCUT2D eigenvalue weighted by Crippen LogP contribution is 2.37. The van der Waals surface area contributed by atoms with Gasteiger partial charge in [-0.15, -0.1) is 10.2 Å². The number of rotatable bonds is 6. The second-order valence-corrected chi connectivity index (χ2v) is 6.60. The SMILES string of the molecule is O=C(O)c1cc([N+](=O)[O-])cc([N+](=O)[O-])c1-n1c(-c2ccccc2)nnc1-c1ccccc1. The van der Waals surface area contributed by atoms with E-state index in [4.69, 9.17) is 0 Å². The van der Waals surface area contributed by atoms with Crippen LogP contribution >= 0.6 is 0 Å². The fourth-order valence-corrected chi connectivity index (χ4v) is 3.29. The Balaban J connectivity index is 2.16. The summed E-state index contributed by atoms with van der Waals surface area (Å²) in [5.74, 6) is -1.29. The summed E-state index contributed by atoms with van der Waals surface area (Å²) in [6, 6.07) is 18.7. The quantitative estimate of drug-likeness (QED) is 0.353. The number of carbonyl (C=O) groups is 1. The Morgan fingerprint density at radius 2 is 1.31 bits per heavy atom. The predicted octanol–water partition coefficient (Wildman–Crippen LogP) is 4.12. The fourth-order valence-electron chi connectivity index (χ4n) is 3.29. The highest BCUT2D eigenvalue weighted by molar-refractivity contribution is 5.96. The van der Waals surface area contributed by atoms with Crippen molar-refractivity contribution >= 4 is 17.3 Å². The zero-order valence-electron chi connectivity index (χ0n) is 16.2. The van der Waals surface area contributed by atoms with Crippen LogP contribution in [-0.4, -0.2) is 35.7 Å². The van der Waals surface area contributed by atoms with Crippen molar-refractivity contribution in [3.05, 3.63) is 98.6 Å². The molecule has 0 radical (unpaired) electrons. The van der Waals surface area contributed by atoms with Crippen LogP contribution < -0.4 is 0 Å². The van der Waals surface area contributed by atoms with Crippen LogP contribution in [0.3, 0.4) is 0 Å². The second-order valence-electron chi connectivity index (χ2n) is 6.60. The number of benzene rings is 3. The summed E-state index contributed by atoms with van der Waals surface area (Å²) in [4.78, 5) is 33.5. The maximum absolute atomic E-state index is 12.1. The van der Waals surface area contributed by atoms with Crippen LogP contribution in [0.25, 0.3) is 28.5 Å². The van der Waals surface area contributed by atoms with Gasteiger partial charge in [-0.1, -0.05) is 60.7 Å². The molecule has 1 heterocycles. The lowest BCUT2D eigenvalue weighted by Gasteiger charge is -2.14. The lowest BCUT2D eigenvalue weighted by atomic mass is 10.1. The maximum atomic E-state index is 12.1. The number of aromatic carboxylic acids is 1. The molecule has 0 aliphatic carbocycles.